The van der Waals surface area contributed by atoms with Gasteiger partial charge < -0.3 is 19.3 Å². The Morgan fingerprint density at radius 2 is 1.77 bits per heavy atom. The normalized spacial score (nSPS) is 14.7. The zero-order valence-corrected chi connectivity index (χ0v) is 23.5. The Morgan fingerprint density at radius 3 is 2.42 bits per heavy atom. The maximum Gasteiger partial charge on any atom is 0.344 e. The van der Waals surface area contributed by atoms with Crippen molar-refractivity contribution in [3.8, 4) is 17.2 Å². The Kier molecular flexibility index (Phi) is 9.08. The average Bonchev–Trinajstić information content (AvgIpc) is 3.20. The van der Waals surface area contributed by atoms with Crippen LogP contribution in [0.25, 0.3) is 6.08 Å². The van der Waals surface area contributed by atoms with Crippen molar-refractivity contribution >= 4 is 52.2 Å². The first kappa shape index (κ1) is 28.7. The largest absolute Gasteiger partial charge is 0.493 e. The zero-order chi connectivity index (χ0) is 28.8. The number of rotatable bonds is 10. The number of hydrogen-bond acceptors (Lipinski definition) is 8. The molecule has 0 saturated carbocycles. The monoisotopic (exact) mass is 578 g/mol. The molecule has 206 valence electrons. The van der Waals surface area contributed by atoms with E-state index in [4.69, 9.17) is 31.5 Å². The summed E-state index contributed by atoms with van der Waals surface area (Å²) in [6, 6.07) is 19.4. The third kappa shape index (κ3) is 6.99. The first-order valence-corrected chi connectivity index (χ1v) is 13.3. The smallest absolute Gasteiger partial charge is 0.344 e. The van der Waals surface area contributed by atoms with Crippen molar-refractivity contribution in [2.75, 3.05) is 7.11 Å². The van der Waals surface area contributed by atoms with Gasteiger partial charge in [0.05, 0.1) is 12.0 Å². The van der Waals surface area contributed by atoms with E-state index >= 15 is 0 Å². The molecule has 4 rings (SSSR count). The predicted molar refractivity (Wildman–Crippen MR) is 155 cm³/mol. The van der Waals surface area contributed by atoms with Gasteiger partial charge in [0.15, 0.2) is 21.9 Å². The zero-order valence-electron chi connectivity index (χ0n) is 21.9. The number of hydrogen-bond donors (Lipinski definition) is 2. The highest BCUT2D eigenvalue weighted by Gasteiger charge is 2.34. The molecule has 1 saturated heterocycles. The molecule has 2 amide bonds. The number of methoxy groups -OCH3 is 1. The second-order valence-corrected chi connectivity index (χ2v) is 10.4. The second kappa shape index (κ2) is 12.7. The molecule has 0 radical (unpaired) electrons. The van der Waals surface area contributed by atoms with Crippen LogP contribution in [0.3, 0.4) is 0 Å². The number of aryl methyl sites for hydroxylation is 1. The van der Waals surface area contributed by atoms with Gasteiger partial charge in [-0.05, 0) is 79.7 Å². The van der Waals surface area contributed by atoms with Crippen molar-refractivity contribution in [3.05, 3.63) is 93.9 Å². The molecule has 2 N–H and O–H groups in total. The number of thioether (sulfide) groups is 1. The van der Waals surface area contributed by atoms with Crippen LogP contribution in [-0.2, 0) is 16.2 Å². The number of carbonyl (C=O) groups excluding carboxylic acids is 2. The Morgan fingerprint density at radius 1 is 1.07 bits per heavy atom. The fourth-order valence-electron chi connectivity index (χ4n) is 3.55. The molecule has 11 heteroatoms. The highest BCUT2D eigenvalue weighted by Crippen LogP contribution is 2.34. The van der Waals surface area contributed by atoms with Gasteiger partial charge in [-0.25, -0.2) is 4.79 Å². The number of ether oxygens (including phenoxy) is 3. The predicted octanol–water partition coefficient (Wildman–Crippen LogP) is 4.98. The minimum absolute atomic E-state index is 0.171. The molecule has 0 bridgehead atoms. The summed E-state index contributed by atoms with van der Waals surface area (Å²) in [6.45, 7) is 3.83. The number of carbonyl (C=O) groups is 3. The first-order chi connectivity index (χ1) is 19.1. The van der Waals surface area contributed by atoms with Crippen LogP contribution in [-0.4, -0.2) is 45.4 Å². The fraction of sp³-hybridized carbons (Fsp3) is 0.172. The van der Waals surface area contributed by atoms with Crippen molar-refractivity contribution in [1.82, 2.24) is 10.4 Å². The van der Waals surface area contributed by atoms with Gasteiger partial charge in [0.2, 0.25) is 0 Å². The Balaban J connectivity index is 1.39. The summed E-state index contributed by atoms with van der Waals surface area (Å²) in [5, 5.41) is 10.1. The van der Waals surface area contributed by atoms with Gasteiger partial charge in [-0.2, -0.15) is 5.01 Å². The quantitative estimate of drug-likeness (QED) is 0.254. The van der Waals surface area contributed by atoms with E-state index < -0.39 is 23.9 Å². The molecule has 1 heterocycles. The van der Waals surface area contributed by atoms with E-state index in [1.807, 2.05) is 31.2 Å². The van der Waals surface area contributed by atoms with Crippen LogP contribution >= 0.6 is 24.0 Å². The number of nitrogens with one attached hydrogen (secondary N) is 1. The van der Waals surface area contributed by atoms with Crippen LogP contribution in [0.15, 0.2) is 71.6 Å². The summed E-state index contributed by atoms with van der Waals surface area (Å²) in [6.07, 6.45) is 0.528. The molecule has 40 heavy (non-hydrogen) atoms. The molecular weight excluding hydrogens is 552 g/mol. The van der Waals surface area contributed by atoms with Crippen molar-refractivity contribution in [3.63, 3.8) is 0 Å². The van der Waals surface area contributed by atoms with Gasteiger partial charge >= 0.3 is 5.97 Å². The topological polar surface area (TPSA) is 114 Å². The molecule has 1 fully saturated rings. The number of carboxylic acids is 1. The van der Waals surface area contributed by atoms with Crippen LogP contribution in [0.5, 0.6) is 17.2 Å². The molecule has 1 aliphatic rings. The van der Waals surface area contributed by atoms with Crippen LogP contribution in [0.4, 0.5) is 0 Å². The van der Waals surface area contributed by atoms with E-state index in [0.717, 1.165) is 22.3 Å². The standard InChI is InChI=1S/C29H26N2O7S2/c1-17-4-6-19(7-5-17)16-37-22-11-9-21(10-12-22)26(32)30-31-27(33)25(40-29(31)39)15-20-8-13-23(24(14-20)36-3)38-18(2)28(34)35/h4-15,18H,16H2,1-3H3,(H,30,32)(H,34,35)/b25-15+. The van der Waals surface area contributed by atoms with Gasteiger partial charge in [0.1, 0.15) is 12.4 Å². The van der Waals surface area contributed by atoms with E-state index in [9.17, 15) is 14.4 Å². The molecule has 1 aliphatic heterocycles. The Bertz CT molecular complexity index is 1470. The highest BCUT2D eigenvalue weighted by atomic mass is 32.2. The van der Waals surface area contributed by atoms with E-state index in [1.165, 1.54) is 19.6 Å². The van der Waals surface area contributed by atoms with Gasteiger partial charge in [-0.3, -0.25) is 15.0 Å². The number of aliphatic carboxylic acids is 1. The van der Waals surface area contributed by atoms with E-state index in [-0.39, 0.29) is 10.1 Å². The highest BCUT2D eigenvalue weighted by molar-refractivity contribution is 8.26. The number of thiocarbonyl (C=S) groups is 1. The lowest BCUT2D eigenvalue weighted by atomic mass is 10.1. The van der Waals surface area contributed by atoms with Crippen molar-refractivity contribution < 1.29 is 33.7 Å². The van der Waals surface area contributed by atoms with Crippen LogP contribution in [0.1, 0.15) is 34.0 Å². The summed E-state index contributed by atoms with van der Waals surface area (Å²) in [4.78, 5) is 37.2. The maximum absolute atomic E-state index is 13.0. The van der Waals surface area contributed by atoms with Crippen molar-refractivity contribution in [2.24, 2.45) is 0 Å². The molecular formula is C29H26N2O7S2. The molecule has 0 spiro atoms. The number of amides is 2. The molecule has 1 atom stereocenters. The molecule has 0 aromatic heterocycles. The van der Waals surface area contributed by atoms with Gasteiger partial charge in [0, 0.05) is 5.56 Å². The lowest BCUT2D eigenvalue weighted by molar-refractivity contribution is -0.144. The Hall–Kier alpha value is -4.35. The minimum Gasteiger partial charge on any atom is -0.493 e. The summed E-state index contributed by atoms with van der Waals surface area (Å²) >= 11 is 6.36. The van der Waals surface area contributed by atoms with E-state index in [0.29, 0.717) is 34.1 Å². The van der Waals surface area contributed by atoms with Gasteiger partial charge in [-0.1, -0.05) is 47.7 Å². The number of nitrogens with zero attached hydrogens (tertiary/aromatic N) is 1. The summed E-state index contributed by atoms with van der Waals surface area (Å²) in [5.74, 6) is -0.939. The fourth-order valence-corrected chi connectivity index (χ4v) is 4.73. The minimum atomic E-state index is -1.11. The summed E-state index contributed by atoms with van der Waals surface area (Å²) in [5.41, 5.74) is 5.69. The lowest BCUT2D eigenvalue weighted by Gasteiger charge is -2.16. The summed E-state index contributed by atoms with van der Waals surface area (Å²) in [7, 11) is 1.43. The van der Waals surface area contributed by atoms with Gasteiger partial charge in [-0.15, -0.1) is 0 Å². The number of benzene rings is 3. The van der Waals surface area contributed by atoms with E-state index in [2.05, 4.69) is 5.43 Å². The molecule has 0 aliphatic carbocycles. The molecule has 3 aromatic carbocycles. The lowest BCUT2D eigenvalue weighted by Crippen LogP contribution is -2.44. The SMILES string of the molecule is COc1cc(/C=C2/SC(=S)N(NC(=O)c3ccc(OCc4ccc(C)cc4)cc3)C2=O)ccc1OC(C)C(=O)O. The van der Waals surface area contributed by atoms with Crippen molar-refractivity contribution in [2.45, 2.75) is 26.6 Å². The van der Waals surface area contributed by atoms with Gasteiger partial charge in [0.25, 0.3) is 11.8 Å². The molecule has 3 aromatic rings. The third-order valence-corrected chi connectivity index (χ3v) is 7.09. The first-order valence-electron chi connectivity index (χ1n) is 12.1. The second-order valence-electron chi connectivity index (χ2n) is 8.77. The molecule has 9 nitrogen and oxygen atoms in total. The Labute approximate surface area is 240 Å². The summed E-state index contributed by atoms with van der Waals surface area (Å²) < 4.78 is 16.7. The number of hydrazine groups is 1. The van der Waals surface area contributed by atoms with Crippen LogP contribution < -0.4 is 19.6 Å². The van der Waals surface area contributed by atoms with E-state index in [1.54, 1.807) is 48.5 Å². The van der Waals surface area contributed by atoms with Crippen molar-refractivity contribution in [1.29, 1.82) is 0 Å². The van der Waals surface area contributed by atoms with Crippen LogP contribution in [0, 0.1) is 6.92 Å². The average molecular weight is 579 g/mol. The maximum atomic E-state index is 13.0. The molecule has 1 unspecified atom stereocenters. The number of carboxylic acid groups (broad SMARTS) is 1. The third-order valence-electron chi connectivity index (χ3n) is 5.79. The van der Waals surface area contributed by atoms with Crippen LogP contribution in [0.2, 0.25) is 0 Å².